The molecule has 0 aliphatic heterocycles. The molecule has 2 nitrogen and oxygen atoms in total. The highest BCUT2D eigenvalue weighted by molar-refractivity contribution is 7.81. The van der Waals surface area contributed by atoms with Gasteiger partial charge in [0.2, 0.25) is 5.91 Å². The maximum Gasteiger partial charge on any atom is 0.416 e. The summed E-state index contributed by atoms with van der Waals surface area (Å²) < 4.78 is 37.8. The van der Waals surface area contributed by atoms with Crippen molar-refractivity contribution in [2.24, 2.45) is 0 Å². The third-order valence-electron chi connectivity index (χ3n) is 2.19. The summed E-state index contributed by atoms with van der Waals surface area (Å²) in [6, 6.07) is 3.67. The van der Waals surface area contributed by atoms with Gasteiger partial charge in [-0.15, -0.1) is 0 Å². The topological polar surface area (TPSA) is 29.1 Å². The first-order valence-corrected chi connectivity index (χ1v) is 5.40. The zero-order chi connectivity index (χ0) is 13.2. The highest BCUT2D eigenvalue weighted by atomic mass is 32.1. The molecule has 0 fully saturated rings. The summed E-state index contributed by atoms with van der Waals surface area (Å²) in [4.78, 5) is 11.3. The van der Waals surface area contributed by atoms with Gasteiger partial charge in [-0.05, 0) is 31.5 Å². The van der Waals surface area contributed by atoms with Crippen molar-refractivity contribution in [1.82, 2.24) is 0 Å². The second-order valence-electron chi connectivity index (χ2n) is 3.69. The lowest BCUT2D eigenvalue weighted by atomic mass is 10.1. The molecule has 0 heterocycles. The first-order valence-electron chi connectivity index (χ1n) is 4.88. The molecule has 1 unspecified atom stereocenters. The zero-order valence-electron chi connectivity index (χ0n) is 9.30. The standard InChI is InChI=1S/C11H12F3NOS/c1-6-3-4-8(15-10(16)7(2)17)5-9(6)11(12,13)14/h3-5,7,17H,1-2H3,(H,15,16). The van der Waals surface area contributed by atoms with Crippen LogP contribution in [0.15, 0.2) is 18.2 Å². The van der Waals surface area contributed by atoms with Gasteiger partial charge in [-0.1, -0.05) is 6.07 Å². The van der Waals surface area contributed by atoms with E-state index in [0.29, 0.717) is 0 Å². The number of hydrogen-bond donors (Lipinski definition) is 2. The molecule has 1 aromatic rings. The number of aryl methyl sites for hydroxylation is 1. The molecule has 94 valence electrons. The average Bonchev–Trinajstić information content (AvgIpc) is 2.19. The second kappa shape index (κ2) is 5.00. The van der Waals surface area contributed by atoms with Crippen molar-refractivity contribution in [3.05, 3.63) is 29.3 Å². The molecule has 0 aromatic heterocycles. The van der Waals surface area contributed by atoms with Crippen molar-refractivity contribution in [3.8, 4) is 0 Å². The van der Waals surface area contributed by atoms with Crippen molar-refractivity contribution < 1.29 is 18.0 Å². The minimum Gasteiger partial charge on any atom is -0.325 e. The van der Waals surface area contributed by atoms with Crippen molar-refractivity contribution in [2.75, 3.05) is 5.32 Å². The summed E-state index contributed by atoms with van der Waals surface area (Å²) in [5.41, 5.74) is -0.509. The van der Waals surface area contributed by atoms with Crippen molar-refractivity contribution in [1.29, 1.82) is 0 Å². The highest BCUT2D eigenvalue weighted by Gasteiger charge is 2.32. The van der Waals surface area contributed by atoms with Crippen LogP contribution in [0.5, 0.6) is 0 Å². The molecule has 0 aliphatic rings. The predicted molar refractivity (Wildman–Crippen MR) is 63.3 cm³/mol. The lowest BCUT2D eigenvalue weighted by Crippen LogP contribution is -2.20. The van der Waals surface area contributed by atoms with E-state index in [2.05, 4.69) is 17.9 Å². The van der Waals surface area contributed by atoms with Gasteiger partial charge in [0.1, 0.15) is 0 Å². The van der Waals surface area contributed by atoms with Gasteiger partial charge >= 0.3 is 6.18 Å². The van der Waals surface area contributed by atoms with E-state index in [0.717, 1.165) is 6.07 Å². The van der Waals surface area contributed by atoms with Gasteiger partial charge in [0.25, 0.3) is 0 Å². The second-order valence-corrected chi connectivity index (χ2v) is 4.47. The Morgan fingerprint density at radius 2 is 2.00 bits per heavy atom. The van der Waals surface area contributed by atoms with Crippen molar-refractivity contribution >= 4 is 24.2 Å². The van der Waals surface area contributed by atoms with E-state index in [1.165, 1.54) is 26.0 Å². The van der Waals surface area contributed by atoms with Crippen LogP contribution >= 0.6 is 12.6 Å². The smallest absolute Gasteiger partial charge is 0.325 e. The molecule has 0 saturated carbocycles. The van der Waals surface area contributed by atoms with Crippen LogP contribution < -0.4 is 5.32 Å². The Morgan fingerprint density at radius 3 is 2.47 bits per heavy atom. The van der Waals surface area contributed by atoms with Crippen molar-refractivity contribution in [3.63, 3.8) is 0 Å². The summed E-state index contributed by atoms with van der Waals surface area (Å²) in [5, 5.41) is 1.79. The third kappa shape index (κ3) is 3.66. The Hall–Kier alpha value is -1.17. The fourth-order valence-electron chi connectivity index (χ4n) is 1.25. The van der Waals surface area contributed by atoms with Crippen LogP contribution in [0.1, 0.15) is 18.1 Å². The maximum atomic E-state index is 12.6. The van der Waals surface area contributed by atoms with Gasteiger partial charge in [-0.3, -0.25) is 4.79 Å². The Morgan fingerprint density at radius 1 is 1.41 bits per heavy atom. The number of halogens is 3. The molecule has 17 heavy (non-hydrogen) atoms. The van der Waals surface area contributed by atoms with E-state index in [9.17, 15) is 18.0 Å². The molecule has 0 bridgehead atoms. The van der Waals surface area contributed by atoms with Gasteiger partial charge in [-0.25, -0.2) is 0 Å². The van der Waals surface area contributed by atoms with E-state index in [-0.39, 0.29) is 11.3 Å². The van der Waals surface area contributed by atoms with Crippen LogP contribution in [0.4, 0.5) is 18.9 Å². The number of rotatable bonds is 2. The number of benzene rings is 1. The molecule has 1 aromatic carbocycles. The molecule has 6 heteroatoms. The Balaban J connectivity index is 3.01. The van der Waals surface area contributed by atoms with Crippen LogP contribution in [-0.4, -0.2) is 11.2 Å². The highest BCUT2D eigenvalue weighted by Crippen LogP contribution is 2.33. The lowest BCUT2D eigenvalue weighted by Gasteiger charge is -2.13. The molecule has 0 aliphatic carbocycles. The molecule has 0 spiro atoms. The van der Waals surface area contributed by atoms with Gasteiger partial charge < -0.3 is 5.32 Å². The van der Waals surface area contributed by atoms with E-state index in [4.69, 9.17) is 0 Å². The molecule has 0 saturated heterocycles. The van der Waals surface area contributed by atoms with E-state index in [1.54, 1.807) is 0 Å². The third-order valence-corrected chi connectivity index (χ3v) is 2.42. The van der Waals surface area contributed by atoms with Crippen LogP contribution in [-0.2, 0) is 11.0 Å². The van der Waals surface area contributed by atoms with Gasteiger partial charge in [-0.2, -0.15) is 25.8 Å². The number of anilines is 1. The first-order chi connectivity index (χ1) is 7.71. The van der Waals surface area contributed by atoms with E-state index < -0.39 is 22.9 Å². The van der Waals surface area contributed by atoms with Crippen LogP contribution in [0.25, 0.3) is 0 Å². The van der Waals surface area contributed by atoms with Crippen LogP contribution in [0.2, 0.25) is 0 Å². The minimum atomic E-state index is -4.42. The fourth-order valence-corrected chi connectivity index (χ4v) is 1.32. The number of carbonyl (C=O) groups excluding carboxylic acids is 1. The number of nitrogens with one attached hydrogen (secondary N) is 1. The summed E-state index contributed by atoms with van der Waals surface area (Å²) in [6.07, 6.45) is -4.42. The largest absolute Gasteiger partial charge is 0.416 e. The summed E-state index contributed by atoms with van der Waals surface area (Å²) in [5.74, 6) is -0.440. The number of carbonyl (C=O) groups is 1. The SMILES string of the molecule is Cc1ccc(NC(=O)C(C)S)cc1C(F)(F)F. The molecule has 1 rings (SSSR count). The quantitative estimate of drug-likeness (QED) is 0.788. The summed E-state index contributed by atoms with van der Waals surface area (Å²) in [6.45, 7) is 2.91. The first kappa shape index (κ1) is 13.9. The molecular formula is C11H12F3NOS. The van der Waals surface area contributed by atoms with Gasteiger partial charge in [0.05, 0.1) is 10.8 Å². The van der Waals surface area contributed by atoms with Gasteiger partial charge in [0, 0.05) is 5.69 Å². The minimum absolute atomic E-state index is 0.119. The van der Waals surface area contributed by atoms with Crippen LogP contribution in [0, 0.1) is 6.92 Å². The molecule has 0 radical (unpaired) electrons. The number of alkyl halides is 3. The predicted octanol–water partition coefficient (Wildman–Crippen LogP) is 3.27. The summed E-state index contributed by atoms with van der Waals surface area (Å²) in [7, 11) is 0. The number of hydrogen-bond acceptors (Lipinski definition) is 2. The molecule has 1 atom stereocenters. The Labute approximate surface area is 103 Å². The van der Waals surface area contributed by atoms with E-state index >= 15 is 0 Å². The number of amides is 1. The molecule has 1 N–H and O–H groups in total. The fraction of sp³-hybridized carbons (Fsp3) is 0.364. The zero-order valence-corrected chi connectivity index (χ0v) is 10.2. The van der Waals surface area contributed by atoms with Crippen molar-refractivity contribution in [2.45, 2.75) is 25.3 Å². The van der Waals surface area contributed by atoms with Gasteiger partial charge in [0.15, 0.2) is 0 Å². The summed E-state index contributed by atoms with van der Waals surface area (Å²) >= 11 is 3.89. The maximum absolute atomic E-state index is 12.6. The monoisotopic (exact) mass is 263 g/mol. The van der Waals surface area contributed by atoms with Crippen LogP contribution in [0.3, 0.4) is 0 Å². The Kier molecular flexibility index (Phi) is 4.08. The normalized spacial score (nSPS) is 13.3. The average molecular weight is 263 g/mol. The Bertz CT molecular complexity index is 429. The number of thiol groups is 1. The van der Waals surface area contributed by atoms with E-state index in [1.807, 2.05) is 0 Å². The molecular weight excluding hydrogens is 251 g/mol. The lowest BCUT2D eigenvalue weighted by molar-refractivity contribution is -0.138. The molecule has 1 amide bonds.